The van der Waals surface area contributed by atoms with Gasteiger partial charge in [0.15, 0.2) is 0 Å². The maximum absolute atomic E-state index is 12.0. The zero-order valence-corrected chi connectivity index (χ0v) is 11.5. The Bertz CT molecular complexity index is 435. The molecule has 0 aliphatic carbocycles. The number of likely N-dealkylation sites (N-methyl/N-ethyl adjacent to an activating group) is 1. The summed E-state index contributed by atoms with van der Waals surface area (Å²) in [6, 6.07) is 6.96. The lowest BCUT2D eigenvalue weighted by molar-refractivity contribution is -0.121. The van der Waals surface area contributed by atoms with Gasteiger partial charge in [0.1, 0.15) is 0 Å². The summed E-state index contributed by atoms with van der Waals surface area (Å²) in [7, 11) is 1.61. The molecule has 0 heterocycles. The lowest BCUT2D eigenvalue weighted by Crippen LogP contribution is -2.38. The fraction of sp³-hybridized carbons (Fsp3) is 0.385. The number of hydrogen-bond acceptors (Lipinski definition) is 3. The number of amides is 2. The zero-order valence-electron chi connectivity index (χ0n) is 10.6. The molecule has 0 radical (unpaired) electrons. The Labute approximate surface area is 113 Å². The third-order valence-corrected chi connectivity index (χ3v) is 2.67. The molecule has 0 aliphatic heterocycles. The maximum atomic E-state index is 12.0. The number of rotatable bonds is 5. The Balaban J connectivity index is 2.59. The Morgan fingerprint density at radius 3 is 2.72 bits per heavy atom. The molecule has 1 aromatic carbocycles. The van der Waals surface area contributed by atoms with E-state index in [1.165, 1.54) is 4.90 Å². The van der Waals surface area contributed by atoms with E-state index in [-0.39, 0.29) is 18.4 Å². The highest BCUT2D eigenvalue weighted by molar-refractivity contribution is 7.80. The second kappa shape index (κ2) is 7.06. The van der Waals surface area contributed by atoms with Crippen molar-refractivity contribution in [1.82, 2.24) is 10.2 Å². The third-order valence-electron chi connectivity index (χ3n) is 2.39. The van der Waals surface area contributed by atoms with Gasteiger partial charge in [0.05, 0.1) is 6.54 Å². The zero-order chi connectivity index (χ0) is 13.5. The van der Waals surface area contributed by atoms with Crippen molar-refractivity contribution in [1.29, 1.82) is 0 Å². The molecule has 0 spiro atoms. The smallest absolute Gasteiger partial charge is 0.254 e. The summed E-state index contributed by atoms with van der Waals surface area (Å²) in [6.07, 6.45) is 0.880. The Kier molecular flexibility index (Phi) is 5.71. The quantitative estimate of drug-likeness (QED) is 0.795. The largest absolute Gasteiger partial charge is 0.355 e. The lowest BCUT2D eigenvalue weighted by atomic mass is 10.2. The van der Waals surface area contributed by atoms with Gasteiger partial charge in [0, 0.05) is 24.1 Å². The fourth-order valence-electron chi connectivity index (χ4n) is 1.47. The number of carbonyl (C=O) groups excluding carboxylic acids is 2. The van der Waals surface area contributed by atoms with Crippen molar-refractivity contribution < 1.29 is 9.59 Å². The van der Waals surface area contributed by atoms with E-state index in [1.807, 2.05) is 6.92 Å². The Morgan fingerprint density at radius 1 is 1.39 bits per heavy atom. The topological polar surface area (TPSA) is 49.4 Å². The van der Waals surface area contributed by atoms with E-state index in [0.29, 0.717) is 12.1 Å². The van der Waals surface area contributed by atoms with Gasteiger partial charge in [-0.1, -0.05) is 13.0 Å². The molecule has 1 rings (SSSR count). The van der Waals surface area contributed by atoms with Crippen LogP contribution in [0.25, 0.3) is 0 Å². The summed E-state index contributed by atoms with van der Waals surface area (Å²) >= 11 is 4.18. The first-order valence-electron chi connectivity index (χ1n) is 5.85. The first-order chi connectivity index (χ1) is 8.54. The van der Waals surface area contributed by atoms with Crippen molar-refractivity contribution >= 4 is 24.4 Å². The van der Waals surface area contributed by atoms with Crippen LogP contribution in [0.5, 0.6) is 0 Å². The summed E-state index contributed by atoms with van der Waals surface area (Å²) in [5.41, 5.74) is 0.535. The Morgan fingerprint density at radius 2 is 2.11 bits per heavy atom. The van der Waals surface area contributed by atoms with Crippen LogP contribution >= 0.6 is 12.6 Å². The van der Waals surface area contributed by atoms with Crippen LogP contribution in [-0.2, 0) is 4.79 Å². The van der Waals surface area contributed by atoms with Crippen LogP contribution in [0.4, 0.5) is 0 Å². The molecule has 1 aromatic rings. The molecule has 0 aromatic heterocycles. The highest BCUT2D eigenvalue weighted by Gasteiger charge is 2.14. The maximum Gasteiger partial charge on any atom is 0.254 e. The van der Waals surface area contributed by atoms with Crippen LogP contribution in [0.2, 0.25) is 0 Å². The van der Waals surface area contributed by atoms with Crippen molar-refractivity contribution in [3.05, 3.63) is 29.8 Å². The molecule has 0 bridgehead atoms. The van der Waals surface area contributed by atoms with Crippen LogP contribution in [0, 0.1) is 0 Å². The van der Waals surface area contributed by atoms with E-state index in [2.05, 4.69) is 17.9 Å². The molecule has 18 heavy (non-hydrogen) atoms. The molecule has 0 saturated carbocycles. The molecule has 0 saturated heterocycles. The van der Waals surface area contributed by atoms with Crippen molar-refractivity contribution in [2.75, 3.05) is 20.1 Å². The average Bonchev–Trinajstić information content (AvgIpc) is 2.35. The van der Waals surface area contributed by atoms with Gasteiger partial charge in [-0.15, -0.1) is 12.6 Å². The van der Waals surface area contributed by atoms with E-state index in [9.17, 15) is 9.59 Å². The monoisotopic (exact) mass is 266 g/mol. The summed E-state index contributed by atoms with van der Waals surface area (Å²) in [6.45, 7) is 2.68. The summed E-state index contributed by atoms with van der Waals surface area (Å²) < 4.78 is 0. The summed E-state index contributed by atoms with van der Waals surface area (Å²) in [5.74, 6) is -0.327. The van der Waals surface area contributed by atoms with E-state index in [0.717, 1.165) is 11.3 Å². The van der Waals surface area contributed by atoms with E-state index < -0.39 is 0 Å². The standard InChI is InChI=1S/C13H18N2O2S/c1-3-7-14-12(16)9-15(2)13(17)10-5-4-6-11(18)8-10/h4-6,8,18H,3,7,9H2,1-2H3,(H,14,16). The first kappa shape index (κ1) is 14.6. The predicted molar refractivity (Wildman–Crippen MR) is 74.0 cm³/mol. The minimum absolute atomic E-state index is 0.0651. The molecule has 0 atom stereocenters. The van der Waals surface area contributed by atoms with Crippen LogP contribution in [0.3, 0.4) is 0 Å². The fourth-order valence-corrected chi connectivity index (χ4v) is 1.69. The van der Waals surface area contributed by atoms with Gasteiger partial charge >= 0.3 is 0 Å². The molecule has 5 heteroatoms. The number of carbonyl (C=O) groups is 2. The van der Waals surface area contributed by atoms with Crippen LogP contribution in [-0.4, -0.2) is 36.9 Å². The number of nitrogens with one attached hydrogen (secondary N) is 1. The SMILES string of the molecule is CCCNC(=O)CN(C)C(=O)c1cccc(S)c1. The van der Waals surface area contributed by atoms with Crippen molar-refractivity contribution in [2.45, 2.75) is 18.2 Å². The minimum atomic E-state index is -0.183. The van der Waals surface area contributed by atoms with Gasteiger partial charge in [-0.25, -0.2) is 0 Å². The van der Waals surface area contributed by atoms with Gasteiger partial charge in [0.25, 0.3) is 5.91 Å². The normalized spacial score (nSPS) is 9.94. The highest BCUT2D eigenvalue weighted by atomic mass is 32.1. The molecule has 2 amide bonds. The molecule has 98 valence electrons. The lowest BCUT2D eigenvalue weighted by Gasteiger charge is -2.16. The molecular formula is C13H18N2O2S. The number of hydrogen-bond donors (Lipinski definition) is 2. The third kappa shape index (κ3) is 4.41. The second-order valence-electron chi connectivity index (χ2n) is 4.06. The summed E-state index contributed by atoms with van der Waals surface area (Å²) in [5, 5.41) is 2.73. The van der Waals surface area contributed by atoms with Gasteiger partial charge in [-0.05, 0) is 24.6 Å². The van der Waals surface area contributed by atoms with Crippen molar-refractivity contribution in [3.63, 3.8) is 0 Å². The second-order valence-corrected chi connectivity index (χ2v) is 4.58. The molecule has 0 unspecified atom stereocenters. The van der Waals surface area contributed by atoms with Crippen LogP contribution in [0.15, 0.2) is 29.2 Å². The van der Waals surface area contributed by atoms with Gasteiger partial charge in [0.2, 0.25) is 5.91 Å². The van der Waals surface area contributed by atoms with Gasteiger partial charge in [-0.2, -0.15) is 0 Å². The average molecular weight is 266 g/mol. The molecule has 4 nitrogen and oxygen atoms in total. The Hall–Kier alpha value is -1.49. The molecule has 0 aliphatic rings. The van der Waals surface area contributed by atoms with Crippen molar-refractivity contribution in [2.24, 2.45) is 0 Å². The highest BCUT2D eigenvalue weighted by Crippen LogP contribution is 2.10. The van der Waals surface area contributed by atoms with Crippen LogP contribution < -0.4 is 5.32 Å². The van der Waals surface area contributed by atoms with E-state index >= 15 is 0 Å². The molecular weight excluding hydrogens is 248 g/mol. The number of nitrogens with zero attached hydrogens (tertiary/aromatic N) is 1. The number of benzene rings is 1. The first-order valence-corrected chi connectivity index (χ1v) is 6.30. The van der Waals surface area contributed by atoms with Crippen molar-refractivity contribution in [3.8, 4) is 0 Å². The summed E-state index contributed by atoms with van der Waals surface area (Å²) in [4.78, 5) is 25.6. The minimum Gasteiger partial charge on any atom is -0.355 e. The van der Waals surface area contributed by atoms with Crippen LogP contribution in [0.1, 0.15) is 23.7 Å². The van der Waals surface area contributed by atoms with E-state index in [4.69, 9.17) is 0 Å². The predicted octanol–water partition coefficient (Wildman–Crippen LogP) is 1.57. The van der Waals surface area contributed by atoms with E-state index in [1.54, 1.807) is 31.3 Å². The van der Waals surface area contributed by atoms with Gasteiger partial charge in [-0.3, -0.25) is 9.59 Å². The molecule has 0 fully saturated rings. The van der Waals surface area contributed by atoms with Gasteiger partial charge < -0.3 is 10.2 Å². The number of thiol groups is 1. The molecule has 1 N–H and O–H groups in total.